The summed E-state index contributed by atoms with van der Waals surface area (Å²) >= 11 is 0. The number of nitrogens with two attached hydrogens (primary N) is 1. The van der Waals surface area contributed by atoms with Crippen LogP contribution in [0.4, 0.5) is 18.9 Å². The highest BCUT2D eigenvalue weighted by atomic mass is 19.4. The molecule has 33 heavy (non-hydrogen) atoms. The van der Waals surface area contributed by atoms with Crippen LogP contribution in [0.2, 0.25) is 0 Å². The number of halogens is 3. The number of amides is 2. The van der Waals surface area contributed by atoms with E-state index in [-0.39, 0.29) is 23.4 Å². The molecule has 0 radical (unpaired) electrons. The lowest BCUT2D eigenvalue weighted by Gasteiger charge is -2.25. The van der Waals surface area contributed by atoms with Gasteiger partial charge >= 0.3 is 12.1 Å². The fraction of sp³-hybridized carbons (Fsp3) is 0.286. The Morgan fingerprint density at radius 3 is 2.30 bits per heavy atom. The SMILES string of the molecule is CCOC(=O)C[C@@H](c1ccc([N+](=O)[O-])cc1)[C@@H](NC(=O)c1cccc(C(F)(F)F)c1)C(N)=O. The normalized spacial score (nSPS) is 13.0. The Kier molecular flexibility index (Phi) is 8.10. The molecule has 12 heteroatoms. The lowest BCUT2D eigenvalue weighted by atomic mass is 9.87. The predicted molar refractivity (Wildman–Crippen MR) is 109 cm³/mol. The third-order valence-electron chi connectivity index (χ3n) is 4.67. The molecule has 0 aromatic heterocycles. The second kappa shape index (κ2) is 10.6. The van der Waals surface area contributed by atoms with Crippen molar-refractivity contribution in [3.8, 4) is 0 Å². The van der Waals surface area contributed by atoms with Crippen molar-refractivity contribution < 1.29 is 37.2 Å². The van der Waals surface area contributed by atoms with E-state index in [2.05, 4.69) is 5.32 Å². The van der Waals surface area contributed by atoms with E-state index in [0.717, 1.165) is 30.3 Å². The van der Waals surface area contributed by atoms with Gasteiger partial charge in [0.25, 0.3) is 11.6 Å². The van der Waals surface area contributed by atoms with E-state index in [1.165, 1.54) is 12.1 Å². The van der Waals surface area contributed by atoms with Crippen LogP contribution in [-0.2, 0) is 20.5 Å². The number of hydrogen-bond donors (Lipinski definition) is 2. The number of nitrogens with one attached hydrogen (secondary N) is 1. The summed E-state index contributed by atoms with van der Waals surface area (Å²) in [6.07, 6.45) is -5.12. The molecule has 0 aliphatic rings. The van der Waals surface area contributed by atoms with Gasteiger partial charge in [-0.1, -0.05) is 18.2 Å². The summed E-state index contributed by atoms with van der Waals surface area (Å²) in [5.74, 6) is -3.93. The highest BCUT2D eigenvalue weighted by molar-refractivity contribution is 5.98. The van der Waals surface area contributed by atoms with Gasteiger partial charge < -0.3 is 15.8 Å². The molecule has 0 saturated heterocycles. The number of carbonyl (C=O) groups excluding carboxylic acids is 3. The number of benzene rings is 2. The minimum atomic E-state index is -4.69. The minimum Gasteiger partial charge on any atom is -0.466 e. The second-order valence-electron chi connectivity index (χ2n) is 6.90. The third kappa shape index (κ3) is 6.76. The topological polar surface area (TPSA) is 142 Å². The summed E-state index contributed by atoms with van der Waals surface area (Å²) in [7, 11) is 0. The van der Waals surface area contributed by atoms with Crippen LogP contribution in [0, 0.1) is 10.1 Å². The van der Waals surface area contributed by atoms with Gasteiger partial charge in [0.2, 0.25) is 5.91 Å². The second-order valence-corrected chi connectivity index (χ2v) is 6.90. The van der Waals surface area contributed by atoms with E-state index in [0.29, 0.717) is 6.07 Å². The van der Waals surface area contributed by atoms with Crippen LogP contribution in [0.5, 0.6) is 0 Å². The van der Waals surface area contributed by atoms with Crippen molar-refractivity contribution >= 4 is 23.5 Å². The van der Waals surface area contributed by atoms with Gasteiger partial charge in [0.15, 0.2) is 0 Å². The Hall–Kier alpha value is -3.96. The molecule has 0 fully saturated rings. The number of esters is 1. The smallest absolute Gasteiger partial charge is 0.416 e. The van der Waals surface area contributed by atoms with E-state index in [9.17, 15) is 37.7 Å². The Morgan fingerprint density at radius 1 is 1.15 bits per heavy atom. The van der Waals surface area contributed by atoms with Crippen molar-refractivity contribution in [1.82, 2.24) is 5.32 Å². The molecule has 9 nitrogen and oxygen atoms in total. The highest BCUT2D eigenvalue weighted by Gasteiger charge is 2.34. The molecule has 0 unspecified atom stereocenters. The molecule has 3 N–H and O–H groups in total. The van der Waals surface area contributed by atoms with Gasteiger partial charge in [-0.05, 0) is 30.7 Å². The number of rotatable bonds is 9. The van der Waals surface area contributed by atoms with Gasteiger partial charge in [0.05, 0.1) is 23.5 Å². The fourth-order valence-electron chi connectivity index (χ4n) is 3.10. The Morgan fingerprint density at radius 2 is 1.79 bits per heavy atom. The van der Waals surface area contributed by atoms with E-state index in [1.807, 2.05) is 0 Å². The van der Waals surface area contributed by atoms with Gasteiger partial charge in [-0.3, -0.25) is 24.5 Å². The average Bonchev–Trinajstić information content (AvgIpc) is 2.75. The van der Waals surface area contributed by atoms with Crippen LogP contribution in [0.1, 0.15) is 40.7 Å². The summed E-state index contributed by atoms with van der Waals surface area (Å²) in [5.41, 5.74) is 3.99. The maximum Gasteiger partial charge on any atom is 0.416 e. The molecule has 2 amide bonds. The number of nitro groups is 1. The first-order chi connectivity index (χ1) is 15.4. The van der Waals surface area contributed by atoms with E-state index in [4.69, 9.17) is 10.5 Å². The van der Waals surface area contributed by atoms with Gasteiger partial charge in [-0.25, -0.2) is 0 Å². The molecule has 0 aliphatic carbocycles. The van der Waals surface area contributed by atoms with E-state index >= 15 is 0 Å². The molecule has 0 bridgehead atoms. The third-order valence-corrected chi connectivity index (χ3v) is 4.67. The number of non-ortho nitro benzene ring substituents is 1. The minimum absolute atomic E-state index is 0.0314. The zero-order valence-electron chi connectivity index (χ0n) is 17.3. The van der Waals surface area contributed by atoms with Gasteiger partial charge in [0.1, 0.15) is 6.04 Å². The standard InChI is InChI=1S/C21H20F3N3O6/c1-2-33-17(28)11-16(12-6-8-15(9-7-12)27(31)32)18(19(25)29)26-20(30)13-4-3-5-14(10-13)21(22,23)24/h3-10,16,18H,2,11H2,1H3,(H2,25,29)(H,26,30)/t16-,18+/m0/s1. The Bertz CT molecular complexity index is 1040. The molecule has 0 spiro atoms. The number of nitrogens with zero attached hydrogens (tertiary/aromatic N) is 1. The van der Waals surface area contributed by atoms with Crippen LogP contribution >= 0.6 is 0 Å². The van der Waals surface area contributed by atoms with Crippen LogP contribution in [-0.4, -0.2) is 35.4 Å². The number of nitro benzene ring substituents is 1. The van der Waals surface area contributed by atoms with E-state index in [1.54, 1.807) is 6.92 Å². The van der Waals surface area contributed by atoms with Gasteiger partial charge in [-0.2, -0.15) is 13.2 Å². The van der Waals surface area contributed by atoms with E-state index < -0.39 is 52.8 Å². The number of ether oxygens (including phenoxy) is 1. The Balaban J connectivity index is 2.40. The molecule has 2 aromatic rings. The largest absolute Gasteiger partial charge is 0.466 e. The summed E-state index contributed by atoms with van der Waals surface area (Å²) in [6.45, 7) is 1.59. The fourth-order valence-corrected chi connectivity index (χ4v) is 3.10. The van der Waals surface area contributed by atoms with Crippen molar-refractivity contribution in [3.63, 3.8) is 0 Å². The first kappa shape index (κ1) is 25.3. The van der Waals surface area contributed by atoms with Crippen molar-refractivity contribution in [2.75, 3.05) is 6.61 Å². The van der Waals surface area contributed by atoms with Crippen molar-refractivity contribution in [2.24, 2.45) is 5.73 Å². The molecular formula is C21H20F3N3O6. The van der Waals surface area contributed by atoms with Crippen molar-refractivity contribution in [3.05, 3.63) is 75.3 Å². The number of carbonyl (C=O) groups is 3. The van der Waals surface area contributed by atoms with Gasteiger partial charge in [-0.15, -0.1) is 0 Å². The lowest BCUT2D eigenvalue weighted by molar-refractivity contribution is -0.384. The number of primary amides is 1. The predicted octanol–water partition coefficient (Wildman–Crippen LogP) is 2.93. The lowest BCUT2D eigenvalue weighted by Crippen LogP contribution is -2.48. The molecule has 0 saturated carbocycles. The average molecular weight is 467 g/mol. The van der Waals surface area contributed by atoms with Crippen LogP contribution in [0.3, 0.4) is 0 Å². The first-order valence-corrected chi connectivity index (χ1v) is 9.61. The summed E-state index contributed by atoms with van der Waals surface area (Å²) in [4.78, 5) is 47.2. The molecular weight excluding hydrogens is 447 g/mol. The van der Waals surface area contributed by atoms with Crippen LogP contribution in [0.25, 0.3) is 0 Å². The number of hydrogen-bond acceptors (Lipinski definition) is 6. The monoisotopic (exact) mass is 467 g/mol. The zero-order chi connectivity index (χ0) is 24.8. The summed E-state index contributed by atoms with van der Waals surface area (Å²) in [5, 5.41) is 13.2. The number of alkyl halides is 3. The highest BCUT2D eigenvalue weighted by Crippen LogP contribution is 2.30. The molecule has 2 rings (SSSR count). The van der Waals surface area contributed by atoms with Gasteiger partial charge in [0, 0.05) is 23.6 Å². The Labute approximate surface area is 185 Å². The summed E-state index contributed by atoms with van der Waals surface area (Å²) < 4.78 is 43.8. The molecule has 0 heterocycles. The van der Waals surface area contributed by atoms with Crippen LogP contribution in [0.15, 0.2) is 48.5 Å². The molecule has 2 aromatic carbocycles. The molecule has 0 aliphatic heterocycles. The van der Waals surface area contributed by atoms with Crippen molar-refractivity contribution in [1.29, 1.82) is 0 Å². The maximum absolute atomic E-state index is 13.0. The maximum atomic E-state index is 13.0. The first-order valence-electron chi connectivity index (χ1n) is 9.61. The quantitative estimate of drug-likeness (QED) is 0.330. The molecule has 176 valence electrons. The zero-order valence-corrected chi connectivity index (χ0v) is 17.3. The molecule has 2 atom stereocenters. The van der Waals surface area contributed by atoms with Crippen LogP contribution < -0.4 is 11.1 Å². The van der Waals surface area contributed by atoms with Crippen molar-refractivity contribution in [2.45, 2.75) is 31.5 Å². The summed E-state index contributed by atoms with van der Waals surface area (Å²) in [6, 6.07) is 6.86.